The molecule has 0 spiro atoms. The van der Waals surface area contributed by atoms with Gasteiger partial charge in [-0.2, -0.15) is 5.10 Å². The standard InChI is InChI=1S/C11H15ClN4O3/c1-2-19-11(18)16-5-3-15(4-6-16)9-8(12)7-13-14-10(9)17/h7H,2-6H2,1H3,(H,14,17). The summed E-state index contributed by atoms with van der Waals surface area (Å²) in [5.74, 6) is 0. The van der Waals surface area contributed by atoms with E-state index >= 15 is 0 Å². The van der Waals surface area contributed by atoms with Gasteiger partial charge >= 0.3 is 6.09 Å². The van der Waals surface area contributed by atoms with Crippen molar-refractivity contribution in [2.45, 2.75) is 6.92 Å². The van der Waals surface area contributed by atoms with Crippen molar-refractivity contribution in [2.24, 2.45) is 0 Å². The predicted octanol–water partition coefficient (Wildman–Crippen LogP) is 0.702. The summed E-state index contributed by atoms with van der Waals surface area (Å²) in [5, 5.41) is 6.29. The number of hydrogen-bond donors (Lipinski definition) is 1. The van der Waals surface area contributed by atoms with Crippen LogP contribution in [0.1, 0.15) is 6.92 Å². The van der Waals surface area contributed by atoms with Crippen LogP contribution in [-0.4, -0.2) is 54.0 Å². The molecule has 0 aliphatic carbocycles. The molecule has 0 atom stereocenters. The second-order valence-corrected chi connectivity index (χ2v) is 4.48. The van der Waals surface area contributed by atoms with E-state index in [-0.39, 0.29) is 11.7 Å². The molecule has 0 radical (unpaired) electrons. The van der Waals surface area contributed by atoms with Crippen molar-refractivity contribution >= 4 is 23.4 Å². The van der Waals surface area contributed by atoms with Crippen LogP contribution in [0.15, 0.2) is 11.0 Å². The molecule has 1 aromatic heterocycles. The van der Waals surface area contributed by atoms with Gasteiger partial charge in [-0.25, -0.2) is 9.89 Å². The molecule has 1 fully saturated rings. The fraction of sp³-hybridized carbons (Fsp3) is 0.545. The second-order valence-electron chi connectivity index (χ2n) is 4.07. The lowest BCUT2D eigenvalue weighted by Gasteiger charge is -2.35. The number of nitrogens with zero attached hydrogens (tertiary/aromatic N) is 3. The highest BCUT2D eigenvalue weighted by Crippen LogP contribution is 2.20. The summed E-state index contributed by atoms with van der Waals surface area (Å²) in [7, 11) is 0. The van der Waals surface area contributed by atoms with Gasteiger partial charge in [-0.15, -0.1) is 0 Å². The molecule has 0 aromatic carbocycles. The molecule has 1 N–H and O–H groups in total. The van der Waals surface area contributed by atoms with Gasteiger partial charge in [0.25, 0.3) is 5.56 Å². The van der Waals surface area contributed by atoms with Crippen molar-refractivity contribution in [1.29, 1.82) is 0 Å². The number of hydrogen-bond acceptors (Lipinski definition) is 5. The van der Waals surface area contributed by atoms with Gasteiger partial charge in [0.05, 0.1) is 17.8 Å². The highest BCUT2D eigenvalue weighted by Gasteiger charge is 2.24. The van der Waals surface area contributed by atoms with Gasteiger partial charge in [-0.3, -0.25) is 4.79 Å². The topological polar surface area (TPSA) is 78.5 Å². The fourth-order valence-electron chi connectivity index (χ4n) is 1.99. The highest BCUT2D eigenvalue weighted by atomic mass is 35.5. The smallest absolute Gasteiger partial charge is 0.409 e. The van der Waals surface area contributed by atoms with Crippen molar-refractivity contribution in [2.75, 3.05) is 37.7 Å². The average Bonchev–Trinajstić information content (AvgIpc) is 2.39. The van der Waals surface area contributed by atoms with E-state index in [0.29, 0.717) is 43.5 Å². The molecule has 2 rings (SSSR count). The van der Waals surface area contributed by atoms with Crippen LogP contribution in [0.5, 0.6) is 0 Å². The first kappa shape index (κ1) is 13.7. The number of carbonyl (C=O) groups excluding carboxylic acids is 1. The average molecular weight is 287 g/mol. The first-order chi connectivity index (χ1) is 9.13. The maximum absolute atomic E-state index is 11.7. The Morgan fingerprint density at radius 3 is 2.74 bits per heavy atom. The van der Waals surface area contributed by atoms with Crippen molar-refractivity contribution < 1.29 is 9.53 Å². The lowest BCUT2D eigenvalue weighted by atomic mass is 10.3. The lowest BCUT2D eigenvalue weighted by Crippen LogP contribution is -2.50. The van der Waals surface area contributed by atoms with E-state index in [1.54, 1.807) is 11.8 Å². The summed E-state index contributed by atoms with van der Waals surface area (Å²) in [6.07, 6.45) is 1.08. The summed E-state index contributed by atoms with van der Waals surface area (Å²) in [4.78, 5) is 26.7. The molecule has 1 aromatic rings. The maximum Gasteiger partial charge on any atom is 0.409 e. The summed E-state index contributed by atoms with van der Waals surface area (Å²) in [5.41, 5.74) is 0.0808. The van der Waals surface area contributed by atoms with E-state index in [4.69, 9.17) is 16.3 Å². The number of amides is 1. The summed E-state index contributed by atoms with van der Waals surface area (Å²) < 4.78 is 4.93. The number of anilines is 1. The third-order valence-corrected chi connectivity index (χ3v) is 3.18. The number of rotatable bonds is 2. The van der Waals surface area contributed by atoms with Crippen LogP contribution in [-0.2, 0) is 4.74 Å². The van der Waals surface area contributed by atoms with E-state index in [9.17, 15) is 9.59 Å². The number of aromatic nitrogens is 2. The number of ether oxygens (including phenoxy) is 1. The molecular formula is C11H15ClN4O3. The monoisotopic (exact) mass is 286 g/mol. The number of carbonyl (C=O) groups is 1. The lowest BCUT2D eigenvalue weighted by molar-refractivity contribution is 0.105. The molecule has 19 heavy (non-hydrogen) atoms. The largest absolute Gasteiger partial charge is 0.450 e. The molecule has 0 saturated carbocycles. The summed E-state index contributed by atoms with van der Waals surface area (Å²) in [6.45, 7) is 4.18. The molecular weight excluding hydrogens is 272 g/mol. The van der Waals surface area contributed by atoms with Crippen molar-refractivity contribution in [3.05, 3.63) is 21.6 Å². The summed E-state index contributed by atoms with van der Waals surface area (Å²) in [6, 6.07) is 0. The first-order valence-electron chi connectivity index (χ1n) is 6.03. The first-order valence-corrected chi connectivity index (χ1v) is 6.41. The maximum atomic E-state index is 11.7. The van der Waals surface area contributed by atoms with Gasteiger partial charge < -0.3 is 14.5 Å². The van der Waals surface area contributed by atoms with Gasteiger partial charge in [0, 0.05) is 26.2 Å². The number of piperazine rings is 1. The molecule has 0 bridgehead atoms. The Balaban J connectivity index is 2.04. The zero-order valence-corrected chi connectivity index (χ0v) is 11.3. The molecule has 1 saturated heterocycles. The van der Waals surface area contributed by atoms with Crippen molar-refractivity contribution in [3.63, 3.8) is 0 Å². The zero-order chi connectivity index (χ0) is 13.8. The molecule has 2 heterocycles. The van der Waals surface area contributed by atoms with Gasteiger partial charge in [0.15, 0.2) is 0 Å². The Bertz CT molecular complexity index is 511. The Labute approximate surface area is 115 Å². The van der Waals surface area contributed by atoms with E-state index in [2.05, 4.69) is 10.2 Å². The molecule has 1 aliphatic heterocycles. The SMILES string of the molecule is CCOC(=O)N1CCN(c2c(Cl)cn[nH]c2=O)CC1. The van der Waals surface area contributed by atoms with Crippen LogP contribution in [0.4, 0.5) is 10.5 Å². The highest BCUT2D eigenvalue weighted by molar-refractivity contribution is 6.33. The Morgan fingerprint density at radius 1 is 1.47 bits per heavy atom. The normalized spacial score (nSPS) is 15.5. The van der Waals surface area contributed by atoms with E-state index < -0.39 is 0 Å². The minimum absolute atomic E-state index is 0.313. The number of nitrogens with one attached hydrogen (secondary N) is 1. The number of halogens is 1. The molecule has 7 nitrogen and oxygen atoms in total. The van der Waals surface area contributed by atoms with Crippen LogP contribution in [0.25, 0.3) is 0 Å². The molecule has 104 valence electrons. The van der Waals surface area contributed by atoms with Crippen molar-refractivity contribution in [3.8, 4) is 0 Å². The van der Waals surface area contributed by atoms with E-state index in [1.165, 1.54) is 6.20 Å². The Hall–Kier alpha value is -1.76. The van der Waals surface area contributed by atoms with Crippen LogP contribution >= 0.6 is 11.6 Å². The Morgan fingerprint density at radius 2 is 2.16 bits per heavy atom. The van der Waals surface area contributed by atoms with Crippen LogP contribution in [0.2, 0.25) is 5.02 Å². The minimum atomic E-state index is -0.322. The zero-order valence-electron chi connectivity index (χ0n) is 10.6. The van der Waals surface area contributed by atoms with E-state index in [1.807, 2.05) is 4.90 Å². The third kappa shape index (κ3) is 2.98. The van der Waals surface area contributed by atoms with E-state index in [0.717, 1.165) is 0 Å². The quantitative estimate of drug-likeness (QED) is 0.866. The van der Waals surface area contributed by atoms with Gasteiger partial charge in [-0.1, -0.05) is 11.6 Å². The van der Waals surface area contributed by atoms with Crippen LogP contribution in [0, 0.1) is 0 Å². The minimum Gasteiger partial charge on any atom is -0.450 e. The van der Waals surface area contributed by atoms with Crippen LogP contribution in [0.3, 0.4) is 0 Å². The molecule has 1 aliphatic rings. The van der Waals surface area contributed by atoms with Crippen LogP contribution < -0.4 is 10.5 Å². The predicted molar refractivity (Wildman–Crippen MR) is 70.7 cm³/mol. The van der Waals surface area contributed by atoms with Gasteiger partial charge in [-0.05, 0) is 6.92 Å². The molecule has 0 unspecified atom stereocenters. The fourth-order valence-corrected chi connectivity index (χ4v) is 2.25. The molecule has 8 heteroatoms. The number of H-pyrrole nitrogens is 1. The number of aromatic amines is 1. The summed E-state index contributed by atoms with van der Waals surface area (Å²) >= 11 is 5.98. The third-order valence-electron chi connectivity index (χ3n) is 2.91. The van der Waals surface area contributed by atoms with Crippen molar-refractivity contribution in [1.82, 2.24) is 15.1 Å². The Kier molecular flexibility index (Phi) is 4.26. The molecule has 1 amide bonds. The second kappa shape index (κ2) is 5.92. The van der Waals surface area contributed by atoms with Gasteiger partial charge in [0.2, 0.25) is 0 Å². The van der Waals surface area contributed by atoms with Gasteiger partial charge in [0.1, 0.15) is 5.69 Å².